The summed E-state index contributed by atoms with van der Waals surface area (Å²) in [5.74, 6) is 0.623. The number of anilines is 1. The van der Waals surface area contributed by atoms with Gasteiger partial charge < -0.3 is 10.6 Å². The third-order valence-corrected chi connectivity index (χ3v) is 5.07. The lowest BCUT2D eigenvalue weighted by atomic mass is 9.81. The van der Waals surface area contributed by atoms with Crippen molar-refractivity contribution in [3.05, 3.63) is 65.2 Å². The lowest BCUT2D eigenvalue weighted by Gasteiger charge is -2.36. The van der Waals surface area contributed by atoms with E-state index in [0.717, 1.165) is 19.4 Å². The predicted molar refractivity (Wildman–Crippen MR) is 104 cm³/mol. The van der Waals surface area contributed by atoms with Crippen LogP contribution >= 0.6 is 0 Å². The minimum Gasteiger partial charge on any atom is -0.378 e. The maximum Gasteiger partial charge on any atom is 0.0545 e. The standard InChI is InChI=1S/C22H30N2/c1-4-17-10-11-21-20(14-17)15-19(12-13-23-16(2)3)22(24-21)18-8-6-5-7-9-18/h5-11,14,16,19,22-24H,4,12-13,15H2,1-3H3/t19-,22+/m1/s1. The molecule has 0 unspecified atom stereocenters. The highest BCUT2D eigenvalue weighted by atomic mass is 15.0. The zero-order chi connectivity index (χ0) is 16.9. The van der Waals surface area contributed by atoms with E-state index in [1.54, 1.807) is 0 Å². The van der Waals surface area contributed by atoms with Gasteiger partial charge in [-0.05, 0) is 54.5 Å². The Kier molecular flexibility index (Phi) is 5.57. The second kappa shape index (κ2) is 7.85. The molecule has 0 spiro atoms. The summed E-state index contributed by atoms with van der Waals surface area (Å²) in [6.07, 6.45) is 3.46. The highest BCUT2D eigenvalue weighted by Gasteiger charge is 2.28. The minimum absolute atomic E-state index is 0.403. The third-order valence-electron chi connectivity index (χ3n) is 5.07. The van der Waals surface area contributed by atoms with E-state index < -0.39 is 0 Å². The lowest BCUT2D eigenvalue weighted by molar-refractivity contribution is 0.389. The molecule has 128 valence electrons. The molecule has 0 saturated heterocycles. The number of nitrogens with one attached hydrogen (secondary N) is 2. The highest BCUT2D eigenvalue weighted by Crippen LogP contribution is 2.38. The number of benzene rings is 2. The van der Waals surface area contributed by atoms with E-state index in [-0.39, 0.29) is 0 Å². The molecule has 2 aromatic rings. The van der Waals surface area contributed by atoms with E-state index in [4.69, 9.17) is 0 Å². The molecule has 0 amide bonds. The molecule has 0 aromatic heterocycles. The van der Waals surface area contributed by atoms with Crippen LogP contribution in [0.3, 0.4) is 0 Å². The molecule has 2 atom stereocenters. The van der Waals surface area contributed by atoms with Crippen molar-refractivity contribution >= 4 is 5.69 Å². The maximum absolute atomic E-state index is 3.83. The molecule has 0 aliphatic carbocycles. The van der Waals surface area contributed by atoms with E-state index in [2.05, 4.69) is 79.9 Å². The Bertz CT molecular complexity index is 648. The Labute approximate surface area is 146 Å². The van der Waals surface area contributed by atoms with Gasteiger partial charge in [0.2, 0.25) is 0 Å². The second-order valence-electron chi connectivity index (χ2n) is 7.24. The van der Waals surface area contributed by atoms with E-state index in [9.17, 15) is 0 Å². The van der Waals surface area contributed by atoms with Crippen molar-refractivity contribution in [1.82, 2.24) is 5.32 Å². The molecular formula is C22H30N2. The molecule has 1 heterocycles. The minimum atomic E-state index is 0.403. The summed E-state index contributed by atoms with van der Waals surface area (Å²) in [4.78, 5) is 0. The fourth-order valence-electron chi connectivity index (χ4n) is 3.70. The number of hydrogen-bond acceptors (Lipinski definition) is 2. The van der Waals surface area contributed by atoms with Crippen molar-refractivity contribution in [1.29, 1.82) is 0 Å². The summed E-state index contributed by atoms with van der Waals surface area (Å²) in [6.45, 7) is 7.75. The first-order valence-electron chi connectivity index (χ1n) is 9.34. The second-order valence-corrected chi connectivity index (χ2v) is 7.24. The van der Waals surface area contributed by atoms with Crippen LogP contribution in [0.2, 0.25) is 0 Å². The normalized spacial score (nSPS) is 19.8. The van der Waals surface area contributed by atoms with E-state index in [1.807, 2.05) is 0 Å². The van der Waals surface area contributed by atoms with E-state index in [0.29, 0.717) is 18.0 Å². The topological polar surface area (TPSA) is 24.1 Å². The fraction of sp³-hybridized carbons (Fsp3) is 0.455. The number of hydrogen-bond donors (Lipinski definition) is 2. The van der Waals surface area contributed by atoms with Crippen molar-refractivity contribution in [2.75, 3.05) is 11.9 Å². The zero-order valence-corrected chi connectivity index (χ0v) is 15.2. The molecule has 24 heavy (non-hydrogen) atoms. The van der Waals surface area contributed by atoms with E-state index >= 15 is 0 Å². The summed E-state index contributed by atoms with van der Waals surface area (Å²) in [5, 5.41) is 7.41. The average Bonchev–Trinajstić information content (AvgIpc) is 2.61. The number of fused-ring (bicyclic) bond motifs is 1. The van der Waals surface area contributed by atoms with Gasteiger partial charge in [-0.25, -0.2) is 0 Å². The Morgan fingerprint density at radius 2 is 1.92 bits per heavy atom. The molecule has 3 rings (SSSR count). The SMILES string of the molecule is CCc1ccc2c(c1)C[C@@H](CCNC(C)C)[C@H](c1ccccc1)N2. The molecule has 2 N–H and O–H groups in total. The van der Waals surface area contributed by atoms with Crippen LogP contribution < -0.4 is 10.6 Å². The first kappa shape index (κ1) is 17.0. The van der Waals surface area contributed by atoms with Crippen molar-refractivity contribution in [3.8, 4) is 0 Å². The van der Waals surface area contributed by atoms with E-state index in [1.165, 1.54) is 28.8 Å². The van der Waals surface area contributed by atoms with Gasteiger partial charge in [-0.15, -0.1) is 0 Å². The Morgan fingerprint density at radius 3 is 2.62 bits per heavy atom. The molecular weight excluding hydrogens is 292 g/mol. The molecule has 2 aromatic carbocycles. The summed E-state index contributed by atoms with van der Waals surface area (Å²) in [6, 6.07) is 18.8. The average molecular weight is 322 g/mol. The molecule has 0 saturated carbocycles. The molecule has 1 aliphatic rings. The van der Waals surface area contributed by atoms with Crippen LogP contribution in [0.25, 0.3) is 0 Å². The van der Waals surface area contributed by atoms with Gasteiger partial charge in [-0.3, -0.25) is 0 Å². The zero-order valence-electron chi connectivity index (χ0n) is 15.2. The largest absolute Gasteiger partial charge is 0.378 e. The van der Waals surface area contributed by atoms with Crippen LogP contribution in [0.4, 0.5) is 5.69 Å². The lowest BCUT2D eigenvalue weighted by Crippen LogP contribution is -2.32. The van der Waals surface area contributed by atoms with Gasteiger partial charge in [0.05, 0.1) is 6.04 Å². The predicted octanol–water partition coefficient (Wildman–Crippen LogP) is 4.96. The van der Waals surface area contributed by atoms with Crippen molar-refractivity contribution in [2.24, 2.45) is 5.92 Å². The van der Waals surface area contributed by atoms with Gasteiger partial charge in [0.25, 0.3) is 0 Å². The molecule has 0 fully saturated rings. The Morgan fingerprint density at radius 1 is 1.12 bits per heavy atom. The first-order chi connectivity index (χ1) is 11.7. The molecule has 0 bridgehead atoms. The number of aryl methyl sites for hydroxylation is 1. The van der Waals surface area contributed by atoms with Crippen molar-refractivity contribution < 1.29 is 0 Å². The van der Waals surface area contributed by atoms with Crippen molar-refractivity contribution in [2.45, 2.75) is 52.1 Å². The smallest absolute Gasteiger partial charge is 0.0545 e. The van der Waals surface area contributed by atoms with Crippen LogP contribution in [0.15, 0.2) is 48.5 Å². The summed E-state index contributed by atoms with van der Waals surface area (Å²) >= 11 is 0. The maximum atomic E-state index is 3.83. The molecule has 1 aliphatic heterocycles. The third kappa shape index (κ3) is 3.99. The van der Waals surface area contributed by atoms with Crippen LogP contribution in [-0.2, 0) is 12.8 Å². The summed E-state index contributed by atoms with van der Waals surface area (Å²) in [5.41, 5.74) is 5.63. The van der Waals surface area contributed by atoms with Gasteiger partial charge in [-0.2, -0.15) is 0 Å². The van der Waals surface area contributed by atoms with Crippen LogP contribution in [0, 0.1) is 5.92 Å². The quantitative estimate of drug-likeness (QED) is 0.785. The monoisotopic (exact) mass is 322 g/mol. The van der Waals surface area contributed by atoms with Crippen LogP contribution in [0.5, 0.6) is 0 Å². The Hall–Kier alpha value is -1.80. The van der Waals surface area contributed by atoms with Crippen molar-refractivity contribution in [3.63, 3.8) is 0 Å². The Balaban J connectivity index is 1.83. The first-order valence-corrected chi connectivity index (χ1v) is 9.34. The van der Waals surface area contributed by atoms with Gasteiger partial charge >= 0.3 is 0 Å². The van der Waals surface area contributed by atoms with Gasteiger partial charge in [-0.1, -0.05) is 63.2 Å². The van der Waals surface area contributed by atoms with Gasteiger partial charge in [0.1, 0.15) is 0 Å². The number of rotatable bonds is 6. The molecule has 2 nitrogen and oxygen atoms in total. The van der Waals surface area contributed by atoms with Crippen LogP contribution in [-0.4, -0.2) is 12.6 Å². The highest BCUT2D eigenvalue weighted by molar-refractivity contribution is 5.57. The molecule has 2 heteroatoms. The van der Waals surface area contributed by atoms with Gasteiger partial charge in [0, 0.05) is 11.7 Å². The summed E-state index contributed by atoms with van der Waals surface area (Å²) < 4.78 is 0. The van der Waals surface area contributed by atoms with Gasteiger partial charge in [0.15, 0.2) is 0 Å². The fourth-order valence-corrected chi connectivity index (χ4v) is 3.70. The molecule has 0 radical (unpaired) electrons. The van der Waals surface area contributed by atoms with Crippen LogP contribution in [0.1, 0.15) is 49.9 Å². The summed E-state index contributed by atoms with van der Waals surface area (Å²) in [7, 11) is 0.